The van der Waals surface area contributed by atoms with Crippen LogP contribution >= 0.6 is 11.3 Å². The van der Waals surface area contributed by atoms with Gasteiger partial charge in [-0.3, -0.25) is 0 Å². The average Bonchev–Trinajstić information content (AvgIpc) is 3.72. The van der Waals surface area contributed by atoms with E-state index in [2.05, 4.69) is 268 Å². The largest absolute Gasteiger partial charge is 0.311 e. The monoisotopic (exact) mass is 966 g/mol. The first-order valence-corrected chi connectivity index (χ1v) is 27.1. The van der Waals surface area contributed by atoms with Gasteiger partial charge in [0, 0.05) is 39.7 Å². The summed E-state index contributed by atoms with van der Waals surface area (Å²) in [5.41, 5.74) is 23.8. The van der Waals surface area contributed by atoms with Gasteiger partial charge in [-0.05, 0) is 148 Å². The molecular weight excluding hydrogens is 890 g/mol. The van der Waals surface area contributed by atoms with E-state index in [0.717, 1.165) is 16.1 Å². The van der Waals surface area contributed by atoms with Crippen LogP contribution in [0, 0.1) is 0 Å². The summed E-state index contributed by atoms with van der Waals surface area (Å²) in [7, 11) is 0. The Morgan fingerprint density at radius 2 is 0.764 bits per heavy atom. The van der Waals surface area contributed by atoms with Gasteiger partial charge in [0.1, 0.15) is 5.01 Å². The van der Waals surface area contributed by atoms with Crippen LogP contribution < -0.4 is 26.2 Å². The van der Waals surface area contributed by atoms with Crippen molar-refractivity contribution in [2.75, 3.05) is 9.80 Å². The predicted molar refractivity (Wildman–Crippen MR) is 317 cm³/mol. The van der Waals surface area contributed by atoms with Crippen molar-refractivity contribution in [3.8, 4) is 21.7 Å². The van der Waals surface area contributed by atoms with E-state index < -0.39 is 0 Å². The van der Waals surface area contributed by atoms with E-state index in [9.17, 15) is 0 Å². The van der Waals surface area contributed by atoms with Crippen molar-refractivity contribution in [2.24, 2.45) is 0 Å². The van der Waals surface area contributed by atoms with Crippen LogP contribution in [-0.4, -0.2) is 11.7 Å². The first-order chi connectivity index (χ1) is 33.4. The van der Waals surface area contributed by atoms with Crippen LogP contribution in [0.5, 0.6) is 0 Å². The molecule has 10 rings (SSSR count). The molecular formula is C67H76BN3S. The van der Waals surface area contributed by atoms with E-state index in [1.165, 1.54) is 99.7 Å². The number of hydrogen-bond donors (Lipinski definition) is 0. The van der Waals surface area contributed by atoms with E-state index in [0.29, 0.717) is 0 Å². The van der Waals surface area contributed by atoms with Crippen LogP contribution in [0.2, 0.25) is 0 Å². The summed E-state index contributed by atoms with van der Waals surface area (Å²) in [5, 5.41) is 1.04. The summed E-state index contributed by atoms with van der Waals surface area (Å²) in [6, 6.07) is 52.2. The van der Waals surface area contributed by atoms with Gasteiger partial charge in [-0.15, -0.1) is 11.3 Å². The second-order valence-electron chi connectivity index (χ2n) is 27.2. The third-order valence-corrected chi connectivity index (χ3v) is 16.5. The van der Waals surface area contributed by atoms with Crippen LogP contribution in [0.3, 0.4) is 0 Å². The van der Waals surface area contributed by atoms with Crippen LogP contribution in [0.15, 0.2) is 133 Å². The Bertz CT molecular complexity index is 3350. The molecule has 0 fully saturated rings. The summed E-state index contributed by atoms with van der Waals surface area (Å²) in [5.74, 6) is 0. The number of thiazole rings is 1. The van der Waals surface area contributed by atoms with E-state index >= 15 is 0 Å². The van der Waals surface area contributed by atoms with Gasteiger partial charge in [-0.1, -0.05) is 203 Å². The third kappa shape index (κ3) is 8.92. The van der Waals surface area contributed by atoms with Crippen LogP contribution in [0.4, 0.5) is 34.1 Å². The molecule has 3 heterocycles. The fourth-order valence-electron chi connectivity index (χ4n) is 10.7. The van der Waals surface area contributed by atoms with Crippen molar-refractivity contribution in [1.29, 1.82) is 0 Å². The Balaban J connectivity index is 1.25. The van der Waals surface area contributed by atoms with E-state index in [-0.39, 0.29) is 39.2 Å². The third-order valence-electron chi connectivity index (χ3n) is 15.4. The molecule has 0 amide bonds. The number of rotatable bonds is 4. The molecule has 5 heteroatoms. The first kappa shape index (κ1) is 49.7. The Kier molecular flexibility index (Phi) is 11.6. The lowest BCUT2D eigenvalue weighted by Crippen LogP contribution is -2.61. The van der Waals surface area contributed by atoms with Gasteiger partial charge >= 0.3 is 0 Å². The molecule has 0 saturated heterocycles. The van der Waals surface area contributed by atoms with Gasteiger partial charge in [0.15, 0.2) is 0 Å². The quantitative estimate of drug-likeness (QED) is 0.164. The number of anilines is 6. The summed E-state index contributed by atoms with van der Waals surface area (Å²) in [6.45, 7) is 41.9. The van der Waals surface area contributed by atoms with Crippen LogP contribution in [-0.2, 0) is 32.5 Å². The zero-order valence-corrected chi connectivity index (χ0v) is 47.3. The topological polar surface area (TPSA) is 19.4 Å². The van der Waals surface area contributed by atoms with E-state index in [1.54, 1.807) is 0 Å². The van der Waals surface area contributed by atoms with Crippen molar-refractivity contribution in [1.82, 2.24) is 4.98 Å². The fraction of sp³-hybridized carbons (Fsp3) is 0.358. The summed E-state index contributed by atoms with van der Waals surface area (Å²) < 4.78 is 1.20. The Hall–Kier alpha value is -5.91. The molecule has 0 bridgehead atoms. The van der Waals surface area contributed by atoms with Gasteiger partial charge < -0.3 is 9.80 Å². The maximum atomic E-state index is 5.52. The van der Waals surface area contributed by atoms with Crippen molar-refractivity contribution in [3.63, 3.8) is 0 Å². The van der Waals surface area contributed by atoms with E-state index in [1.807, 2.05) is 11.3 Å². The van der Waals surface area contributed by atoms with Crippen molar-refractivity contribution in [2.45, 2.75) is 157 Å². The highest BCUT2D eigenvalue weighted by molar-refractivity contribution is 7.21. The van der Waals surface area contributed by atoms with Crippen LogP contribution in [0.1, 0.15) is 158 Å². The molecule has 1 aromatic heterocycles. The molecule has 2 aliphatic rings. The van der Waals surface area contributed by atoms with Crippen LogP contribution in [0.25, 0.3) is 31.9 Å². The molecule has 0 spiro atoms. The Morgan fingerprint density at radius 1 is 0.347 bits per heavy atom. The zero-order valence-electron chi connectivity index (χ0n) is 46.5. The standard InChI is InChI=1S/C67H76BN3S/c1-62(2,3)44-25-23-42(24-26-44)41-19-21-43(22-20-41)61-69-54-40-56-53(39-59(54)72-61)68-52-36-46(64(7,8)9)29-32-55(52)70(50-30-27-45(28-31-50)63(4,5)6)57-37-49(67(16,17)18)38-58(60(57)68)71(56)51-34-47(65(10,11)12)33-48(35-51)66(13,14)15/h19-40H,1-18H3. The molecule has 368 valence electrons. The lowest BCUT2D eigenvalue weighted by molar-refractivity contribution is 0.568. The molecule has 72 heavy (non-hydrogen) atoms. The summed E-state index contributed by atoms with van der Waals surface area (Å²) in [6.07, 6.45) is 0. The summed E-state index contributed by atoms with van der Waals surface area (Å²) in [4.78, 5) is 10.7. The maximum Gasteiger partial charge on any atom is 0.252 e. The molecule has 8 aromatic rings. The number of hydrogen-bond acceptors (Lipinski definition) is 4. The van der Waals surface area contributed by atoms with Crippen molar-refractivity contribution >= 4 is 78.8 Å². The number of aromatic nitrogens is 1. The molecule has 0 unspecified atom stereocenters. The molecule has 0 saturated carbocycles. The minimum Gasteiger partial charge on any atom is -0.311 e. The first-order valence-electron chi connectivity index (χ1n) is 26.3. The number of nitrogens with zero attached hydrogens (tertiary/aromatic N) is 3. The minimum atomic E-state index is -0.131. The second kappa shape index (κ2) is 16.8. The predicted octanol–water partition coefficient (Wildman–Crippen LogP) is 17.5. The van der Waals surface area contributed by atoms with Gasteiger partial charge in [0.05, 0.1) is 10.2 Å². The highest BCUT2D eigenvalue weighted by atomic mass is 32.1. The molecule has 2 aliphatic heterocycles. The Labute approximate surface area is 436 Å². The lowest BCUT2D eigenvalue weighted by Gasteiger charge is -2.45. The molecule has 0 N–H and O–H groups in total. The van der Waals surface area contributed by atoms with Gasteiger partial charge in [-0.25, -0.2) is 4.98 Å². The SMILES string of the molecule is CC(C)(C)c1ccc(-c2ccc(-c3nc4cc5c(cc4s3)B3c4cc(C(C)(C)C)ccc4N(c4ccc(C(C)(C)C)cc4)c4cc(C(C)(C)C)cc(c43)N5c3cc(C(C)(C)C)cc(C(C)(C)C)c3)cc2)cc1. The van der Waals surface area contributed by atoms with Gasteiger partial charge in [-0.2, -0.15) is 0 Å². The molecule has 7 aromatic carbocycles. The molecule has 0 atom stereocenters. The average molecular weight is 966 g/mol. The molecule has 3 nitrogen and oxygen atoms in total. The summed E-state index contributed by atoms with van der Waals surface area (Å²) >= 11 is 1.81. The van der Waals surface area contributed by atoms with Gasteiger partial charge in [0.2, 0.25) is 0 Å². The lowest BCUT2D eigenvalue weighted by atomic mass is 9.33. The van der Waals surface area contributed by atoms with Crippen molar-refractivity contribution in [3.05, 3.63) is 167 Å². The van der Waals surface area contributed by atoms with E-state index in [4.69, 9.17) is 4.98 Å². The number of benzene rings is 7. The fourth-order valence-corrected chi connectivity index (χ4v) is 11.7. The smallest absolute Gasteiger partial charge is 0.252 e. The molecule has 0 radical (unpaired) electrons. The maximum absolute atomic E-state index is 5.52. The normalized spacial score (nSPS) is 14.2. The highest BCUT2D eigenvalue weighted by Gasteiger charge is 2.45. The molecule has 0 aliphatic carbocycles. The van der Waals surface area contributed by atoms with Gasteiger partial charge in [0.25, 0.3) is 6.71 Å². The minimum absolute atomic E-state index is 0.0237. The Morgan fingerprint density at radius 3 is 1.26 bits per heavy atom. The highest BCUT2D eigenvalue weighted by Crippen LogP contribution is 2.49. The number of fused-ring (bicyclic) bond motifs is 5. The zero-order chi connectivity index (χ0) is 51.8. The second-order valence-corrected chi connectivity index (χ2v) is 28.2. The van der Waals surface area contributed by atoms with Crippen molar-refractivity contribution < 1.29 is 0 Å².